The minimum absolute atomic E-state index is 0. The second kappa shape index (κ2) is 8.69. The van der Waals surface area contributed by atoms with E-state index in [1.165, 1.54) is 6.26 Å². The van der Waals surface area contributed by atoms with Gasteiger partial charge in [0, 0.05) is 24.3 Å². The highest BCUT2D eigenvalue weighted by Gasteiger charge is 2.28. The van der Waals surface area contributed by atoms with Gasteiger partial charge in [-0.25, -0.2) is 0 Å². The van der Waals surface area contributed by atoms with Crippen molar-refractivity contribution >= 4 is 29.9 Å². The lowest BCUT2D eigenvalue weighted by Gasteiger charge is -2.17. The number of amides is 2. The third-order valence-electron chi connectivity index (χ3n) is 4.04. The molecule has 0 saturated heterocycles. The molecule has 7 heteroatoms. The Morgan fingerprint density at radius 2 is 2.04 bits per heavy atom. The predicted molar refractivity (Wildman–Crippen MR) is 98.2 cm³/mol. The molecule has 0 unspecified atom stereocenters. The zero-order valence-corrected chi connectivity index (χ0v) is 14.9. The number of carbonyl (C=O) groups is 2. The molecule has 25 heavy (non-hydrogen) atoms. The van der Waals surface area contributed by atoms with E-state index in [0.717, 1.165) is 17.8 Å². The second-order valence-corrected chi connectivity index (χ2v) is 5.67. The van der Waals surface area contributed by atoms with Crippen LogP contribution in [-0.4, -0.2) is 31.4 Å². The number of halogens is 1. The Bertz CT molecular complexity index is 745. The molecular formula is C18H22ClN3O3. The number of furan rings is 1. The standard InChI is InChI=1S/C18H21N3O3.ClH/c1-2-19-8-9-20-18(23)17-14(7-10-24-17)12-21-15-6-4-3-5-13(15)11-16(21)22;/h3-7,10,19H,2,8-9,11-12H2,1H3,(H,20,23);1H. The lowest BCUT2D eigenvalue weighted by molar-refractivity contribution is -0.117. The van der Waals surface area contributed by atoms with E-state index in [1.54, 1.807) is 11.0 Å². The number of anilines is 1. The molecule has 2 heterocycles. The van der Waals surface area contributed by atoms with Gasteiger partial charge in [-0.15, -0.1) is 12.4 Å². The molecule has 3 rings (SSSR count). The summed E-state index contributed by atoms with van der Waals surface area (Å²) in [5.74, 6) is 0.0485. The van der Waals surface area contributed by atoms with Gasteiger partial charge in [0.25, 0.3) is 5.91 Å². The molecule has 0 spiro atoms. The molecule has 0 bridgehead atoms. The van der Waals surface area contributed by atoms with Gasteiger partial charge in [0.2, 0.25) is 5.91 Å². The molecular weight excluding hydrogens is 342 g/mol. The van der Waals surface area contributed by atoms with Gasteiger partial charge < -0.3 is 20.0 Å². The first kappa shape index (κ1) is 19.0. The fourth-order valence-electron chi connectivity index (χ4n) is 2.84. The highest BCUT2D eigenvalue weighted by Crippen LogP contribution is 2.30. The molecule has 1 aromatic heterocycles. The lowest BCUT2D eigenvalue weighted by Crippen LogP contribution is -2.32. The first-order valence-corrected chi connectivity index (χ1v) is 8.14. The Labute approximate surface area is 153 Å². The van der Waals surface area contributed by atoms with Crippen molar-refractivity contribution in [3.8, 4) is 0 Å². The molecule has 6 nitrogen and oxygen atoms in total. The largest absolute Gasteiger partial charge is 0.459 e. The van der Waals surface area contributed by atoms with Crippen LogP contribution in [0.15, 0.2) is 41.0 Å². The molecule has 134 valence electrons. The van der Waals surface area contributed by atoms with Crippen molar-refractivity contribution in [1.29, 1.82) is 0 Å². The monoisotopic (exact) mass is 363 g/mol. The van der Waals surface area contributed by atoms with Crippen molar-refractivity contribution in [1.82, 2.24) is 10.6 Å². The molecule has 2 amide bonds. The van der Waals surface area contributed by atoms with Crippen molar-refractivity contribution in [2.75, 3.05) is 24.5 Å². The molecule has 2 aromatic rings. The first-order chi connectivity index (χ1) is 11.7. The molecule has 0 fully saturated rings. The number of carbonyl (C=O) groups excluding carboxylic acids is 2. The molecule has 0 saturated carbocycles. The van der Waals surface area contributed by atoms with Crippen LogP contribution in [0.2, 0.25) is 0 Å². The number of hydrogen-bond acceptors (Lipinski definition) is 4. The maximum atomic E-state index is 12.3. The van der Waals surface area contributed by atoms with E-state index >= 15 is 0 Å². The SMILES string of the molecule is CCNCCNC(=O)c1occc1CN1C(=O)Cc2ccccc21.Cl. The Kier molecular flexibility index (Phi) is 6.61. The summed E-state index contributed by atoms with van der Waals surface area (Å²) in [6.07, 6.45) is 1.89. The quantitative estimate of drug-likeness (QED) is 0.739. The zero-order valence-electron chi connectivity index (χ0n) is 14.1. The molecule has 2 N–H and O–H groups in total. The Morgan fingerprint density at radius 1 is 1.24 bits per heavy atom. The summed E-state index contributed by atoms with van der Waals surface area (Å²) in [5, 5.41) is 5.96. The highest BCUT2D eigenvalue weighted by atomic mass is 35.5. The van der Waals surface area contributed by atoms with Crippen LogP contribution in [0.1, 0.15) is 28.6 Å². The molecule has 1 aliphatic rings. The number of likely N-dealkylation sites (N-methyl/N-ethyl adjacent to an activating group) is 1. The minimum Gasteiger partial charge on any atom is -0.459 e. The van der Waals surface area contributed by atoms with Crippen LogP contribution in [0, 0.1) is 0 Å². The number of rotatable bonds is 7. The zero-order chi connectivity index (χ0) is 16.9. The van der Waals surface area contributed by atoms with E-state index in [-0.39, 0.29) is 30.0 Å². The van der Waals surface area contributed by atoms with Gasteiger partial charge in [0.1, 0.15) is 0 Å². The van der Waals surface area contributed by atoms with Gasteiger partial charge in [-0.2, -0.15) is 0 Å². The summed E-state index contributed by atoms with van der Waals surface area (Å²) >= 11 is 0. The van der Waals surface area contributed by atoms with Gasteiger partial charge in [-0.1, -0.05) is 25.1 Å². The maximum absolute atomic E-state index is 12.3. The van der Waals surface area contributed by atoms with Crippen molar-refractivity contribution in [2.24, 2.45) is 0 Å². The molecule has 0 aliphatic carbocycles. The number of hydrogen-bond donors (Lipinski definition) is 2. The summed E-state index contributed by atoms with van der Waals surface area (Å²) in [6, 6.07) is 9.46. The molecule has 0 atom stereocenters. The van der Waals surface area contributed by atoms with Gasteiger partial charge in [-0.05, 0) is 24.2 Å². The van der Waals surface area contributed by atoms with Crippen LogP contribution < -0.4 is 15.5 Å². The highest BCUT2D eigenvalue weighted by molar-refractivity contribution is 6.01. The summed E-state index contributed by atoms with van der Waals surface area (Å²) in [4.78, 5) is 26.2. The fourth-order valence-corrected chi connectivity index (χ4v) is 2.84. The van der Waals surface area contributed by atoms with Crippen molar-refractivity contribution in [3.05, 3.63) is 53.5 Å². The van der Waals surface area contributed by atoms with E-state index < -0.39 is 0 Å². The van der Waals surface area contributed by atoms with E-state index in [4.69, 9.17) is 4.42 Å². The normalized spacial score (nSPS) is 12.7. The third-order valence-corrected chi connectivity index (χ3v) is 4.04. The number of fused-ring (bicyclic) bond motifs is 1. The second-order valence-electron chi connectivity index (χ2n) is 5.67. The summed E-state index contributed by atoms with van der Waals surface area (Å²) in [5.41, 5.74) is 2.63. The average molecular weight is 364 g/mol. The van der Waals surface area contributed by atoms with E-state index in [2.05, 4.69) is 10.6 Å². The smallest absolute Gasteiger partial charge is 0.287 e. The molecule has 1 aliphatic heterocycles. The van der Waals surface area contributed by atoms with E-state index in [9.17, 15) is 9.59 Å². The fraction of sp³-hybridized carbons (Fsp3) is 0.333. The van der Waals surface area contributed by atoms with Gasteiger partial charge in [0.05, 0.1) is 19.2 Å². The Balaban J connectivity index is 0.00000225. The van der Waals surface area contributed by atoms with Gasteiger partial charge in [-0.3, -0.25) is 9.59 Å². The number of benzene rings is 1. The number of nitrogens with one attached hydrogen (secondary N) is 2. The Hall–Kier alpha value is -2.31. The third kappa shape index (κ3) is 4.21. The lowest BCUT2D eigenvalue weighted by atomic mass is 10.1. The average Bonchev–Trinajstić information content (AvgIpc) is 3.17. The van der Waals surface area contributed by atoms with Gasteiger partial charge in [0.15, 0.2) is 5.76 Å². The summed E-state index contributed by atoms with van der Waals surface area (Å²) in [7, 11) is 0. The minimum atomic E-state index is -0.257. The van der Waals surface area contributed by atoms with E-state index in [0.29, 0.717) is 31.6 Å². The van der Waals surface area contributed by atoms with Crippen molar-refractivity contribution in [3.63, 3.8) is 0 Å². The van der Waals surface area contributed by atoms with Crippen molar-refractivity contribution < 1.29 is 14.0 Å². The summed E-state index contributed by atoms with van der Waals surface area (Å²) in [6.45, 7) is 4.44. The van der Waals surface area contributed by atoms with Gasteiger partial charge >= 0.3 is 0 Å². The molecule has 0 radical (unpaired) electrons. The van der Waals surface area contributed by atoms with Crippen LogP contribution in [0.5, 0.6) is 0 Å². The van der Waals surface area contributed by atoms with Crippen LogP contribution in [0.25, 0.3) is 0 Å². The van der Waals surface area contributed by atoms with Crippen LogP contribution in [0.4, 0.5) is 5.69 Å². The maximum Gasteiger partial charge on any atom is 0.287 e. The van der Waals surface area contributed by atoms with Crippen LogP contribution in [0.3, 0.4) is 0 Å². The van der Waals surface area contributed by atoms with Crippen molar-refractivity contribution in [2.45, 2.75) is 19.9 Å². The number of nitrogens with zero attached hydrogens (tertiary/aromatic N) is 1. The number of para-hydroxylation sites is 1. The first-order valence-electron chi connectivity index (χ1n) is 8.14. The summed E-state index contributed by atoms with van der Waals surface area (Å²) < 4.78 is 5.35. The topological polar surface area (TPSA) is 74.6 Å². The Morgan fingerprint density at radius 3 is 2.84 bits per heavy atom. The van der Waals surface area contributed by atoms with E-state index in [1.807, 2.05) is 31.2 Å². The van der Waals surface area contributed by atoms with Crippen LogP contribution >= 0.6 is 12.4 Å². The van der Waals surface area contributed by atoms with Crippen LogP contribution in [-0.2, 0) is 17.8 Å². The predicted octanol–water partition coefficient (Wildman–Crippen LogP) is 2.13. The molecule has 1 aromatic carbocycles.